The predicted octanol–water partition coefficient (Wildman–Crippen LogP) is 2.15. The molecule has 1 fully saturated rings. The summed E-state index contributed by atoms with van der Waals surface area (Å²) in [4.78, 5) is 17.9. The van der Waals surface area contributed by atoms with Crippen LogP contribution >= 0.6 is 0 Å². The molecule has 2 aromatic rings. The zero-order chi connectivity index (χ0) is 18.7. The molecule has 0 radical (unpaired) electrons. The maximum absolute atomic E-state index is 12.0. The van der Waals surface area contributed by atoms with Crippen molar-refractivity contribution < 1.29 is 19.4 Å². The highest BCUT2D eigenvalue weighted by Gasteiger charge is 2.49. The Morgan fingerprint density at radius 2 is 2.19 bits per heavy atom. The second-order valence-corrected chi connectivity index (χ2v) is 7.83. The first kappa shape index (κ1) is 16.8. The summed E-state index contributed by atoms with van der Waals surface area (Å²) in [6.45, 7) is 3.73. The fourth-order valence-corrected chi connectivity index (χ4v) is 5.17. The number of methoxy groups -OCH3 is 1. The van der Waals surface area contributed by atoms with Gasteiger partial charge in [-0.05, 0) is 31.1 Å². The van der Waals surface area contributed by atoms with E-state index in [1.54, 1.807) is 6.08 Å². The van der Waals surface area contributed by atoms with E-state index in [2.05, 4.69) is 28.1 Å². The molecule has 1 saturated heterocycles. The van der Waals surface area contributed by atoms with E-state index in [9.17, 15) is 9.90 Å². The summed E-state index contributed by atoms with van der Waals surface area (Å²) in [5, 5.41) is 12.6. The van der Waals surface area contributed by atoms with E-state index in [1.807, 2.05) is 13.0 Å². The van der Waals surface area contributed by atoms with Crippen molar-refractivity contribution in [3.63, 3.8) is 0 Å². The number of piperidine rings is 1. The van der Waals surface area contributed by atoms with Crippen LogP contribution in [0.2, 0.25) is 0 Å². The molecular formula is C21H24N2O4. The second kappa shape index (κ2) is 6.11. The Morgan fingerprint density at radius 1 is 1.37 bits per heavy atom. The van der Waals surface area contributed by atoms with Gasteiger partial charge in [-0.2, -0.15) is 0 Å². The van der Waals surface area contributed by atoms with E-state index in [0.29, 0.717) is 0 Å². The molecule has 2 N–H and O–H groups in total. The van der Waals surface area contributed by atoms with Gasteiger partial charge in [0.1, 0.15) is 6.10 Å². The van der Waals surface area contributed by atoms with Crippen LogP contribution in [0.4, 0.5) is 0 Å². The number of aliphatic hydroxyl groups excluding tert-OH is 1. The third-order valence-electron chi connectivity index (χ3n) is 6.49. The number of hydrogen-bond acceptors (Lipinski definition) is 5. The Labute approximate surface area is 157 Å². The molecule has 3 aliphatic heterocycles. The molecule has 1 aromatic heterocycles. The van der Waals surface area contributed by atoms with Crippen LogP contribution in [0.3, 0.4) is 0 Å². The van der Waals surface area contributed by atoms with Crippen molar-refractivity contribution in [2.75, 3.05) is 20.2 Å². The van der Waals surface area contributed by atoms with Crippen LogP contribution in [-0.4, -0.2) is 53.4 Å². The van der Waals surface area contributed by atoms with Crippen molar-refractivity contribution in [2.24, 2.45) is 11.8 Å². The number of esters is 1. The van der Waals surface area contributed by atoms with E-state index in [4.69, 9.17) is 9.47 Å². The van der Waals surface area contributed by atoms with Crippen LogP contribution in [0, 0.1) is 11.8 Å². The number of para-hydroxylation sites is 1. The number of aromatic amines is 1. The Balaban J connectivity index is 1.57. The Morgan fingerprint density at radius 3 is 3.00 bits per heavy atom. The van der Waals surface area contributed by atoms with Crippen LogP contribution in [0.5, 0.6) is 0 Å². The van der Waals surface area contributed by atoms with Crippen molar-refractivity contribution in [1.29, 1.82) is 0 Å². The number of rotatable bonds is 1. The zero-order valence-corrected chi connectivity index (χ0v) is 15.5. The standard InChI is InChI=1S/C21H24N2O4/c1-11-15-10-23-8-7-13-12-5-3-4-6-16(12)22-18(13)19(23)20(24)14(15)9-17(27-11)21(25)26-2/h3-6,9,11,14-15,19-20,22,24H,7-8,10H2,1-2H3. The van der Waals surface area contributed by atoms with E-state index < -0.39 is 12.1 Å². The number of nitrogens with one attached hydrogen (secondary N) is 1. The lowest BCUT2D eigenvalue weighted by atomic mass is 9.73. The molecule has 0 spiro atoms. The zero-order valence-electron chi connectivity index (χ0n) is 15.5. The number of H-pyrrole nitrogens is 1. The molecule has 5 rings (SSSR count). The van der Waals surface area contributed by atoms with Crippen molar-refractivity contribution >= 4 is 16.9 Å². The van der Waals surface area contributed by atoms with Crippen molar-refractivity contribution in [3.05, 3.63) is 47.4 Å². The highest BCUT2D eigenvalue weighted by molar-refractivity contribution is 5.86. The second-order valence-electron chi connectivity index (χ2n) is 7.83. The van der Waals surface area contributed by atoms with Gasteiger partial charge in [0.25, 0.3) is 0 Å². The number of aromatic nitrogens is 1. The molecule has 6 nitrogen and oxygen atoms in total. The average molecular weight is 368 g/mol. The van der Waals surface area contributed by atoms with E-state index >= 15 is 0 Å². The van der Waals surface area contributed by atoms with Crippen LogP contribution in [0.25, 0.3) is 10.9 Å². The monoisotopic (exact) mass is 368 g/mol. The van der Waals surface area contributed by atoms with Gasteiger partial charge in [0.2, 0.25) is 5.76 Å². The van der Waals surface area contributed by atoms with Gasteiger partial charge in [-0.25, -0.2) is 4.79 Å². The summed E-state index contributed by atoms with van der Waals surface area (Å²) >= 11 is 0. The summed E-state index contributed by atoms with van der Waals surface area (Å²) < 4.78 is 10.6. The highest BCUT2D eigenvalue weighted by atomic mass is 16.6. The quantitative estimate of drug-likeness (QED) is 0.755. The Hall–Kier alpha value is -2.31. The number of fused-ring (bicyclic) bond motifs is 6. The minimum Gasteiger partial charge on any atom is -0.483 e. The van der Waals surface area contributed by atoms with Gasteiger partial charge in [-0.1, -0.05) is 18.2 Å². The fraction of sp³-hybridized carbons (Fsp3) is 0.476. The molecule has 0 saturated carbocycles. The predicted molar refractivity (Wildman–Crippen MR) is 99.9 cm³/mol. The number of aliphatic hydroxyl groups is 1. The van der Waals surface area contributed by atoms with Gasteiger partial charge < -0.3 is 19.6 Å². The minimum absolute atomic E-state index is 0.0946. The summed E-state index contributed by atoms with van der Waals surface area (Å²) in [6.07, 6.45) is 1.99. The van der Waals surface area contributed by atoms with Gasteiger partial charge in [-0.3, -0.25) is 4.90 Å². The maximum atomic E-state index is 12.0. The number of ether oxygens (including phenoxy) is 2. The summed E-state index contributed by atoms with van der Waals surface area (Å²) in [7, 11) is 1.35. The van der Waals surface area contributed by atoms with E-state index in [0.717, 1.165) is 30.7 Å². The van der Waals surface area contributed by atoms with Crippen LogP contribution in [0.1, 0.15) is 24.2 Å². The number of hydrogen-bond donors (Lipinski definition) is 2. The van der Waals surface area contributed by atoms with Gasteiger partial charge in [0.05, 0.1) is 19.3 Å². The average Bonchev–Trinajstić information content (AvgIpc) is 3.06. The summed E-state index contributed by atoms with van der Waals surface area (Å²) in [5.41, 5.74) is 3.53. The molecular weight excluding hydrogens is 344 g/mol. The van der Waals surface area contributed by atoms with Gasteiger partial charge in [-0.15, -0.1) is 0 Å². The largest absolute Gasteiger partial charge is 0.483 e. The van der Waals surface area contributed by atoms with Crippen LogP contribution < -0.4 is 0 Å². The molecule has 0 amide bonds. The SMILES string of the molecule is COC(=O)C1=CC2C(O)C3c4[nH]c5ccccc5c4CCN3CC2C(C)O1. The molecule has 3 aliphatic rings. The molecule has 5 atom stereocenters. The number of carbonyl (C=O) groups excluding carboxylic acids is 1. The number of benzene rings is 1. The van der Waals surface area contributed by atoms with Crippen LogP contribution in [-0.2, 0) is 20.7 Å². The van der Waals surface area contributed by atoms with Crippen molar-refractivity contribution in [2.45, 2.75) is 31.6 Å². The molecule has 142 valence electrons. The molecule has 5 unspecified atom stereocenters. The Kier molecular flexibility index (Phi) is 3.81. The first-order valence-corrected chi connectivity index (χ1v) is 9.57. The lowest BCUT2D eigenvalue weighted by molar-refractivity contribution is -0.146. The Bertz CT molecular complexity index is 933. The molecule has 1 aromatic carbocycles. The third-order valence-corrected chi connectivity index (χ3v) is 6.49. The minimum atomic E-state index is -0.609. The summed E-state index contributed by atoms with van der Waals surface area (Å²) in [5.74, 6) is -0.256. The molecule has 0 bridgehead atoms. The number of nitrogens with zero attached hydrogens (tertiary/aromatic N) is 1. The fourth-order valence-electron chi connectivity index (χ4n) is 5.17. The molecule has 6 heteroatoms. The first-order chi connectivity index (χ1) is 13.1. The molecule has 27 heavy (non-hydrogen) atoms. The number of carbonyl (C=O) groups is 1. The van der Waals surface area contributed by atoms with Crippen molar-refractivity contribution in [1.82, 2.24) is 9.88 Å². The molecule has 0 aliphatic carbocycles. The van der Waals surface area contributed by atoms with Crippen LogP contribution in [0.15, 0.2) is 36.1 Å². The van der Waals surface area contributed by atoms with Gasteiger partial charge in [0.15, 0.2) is 0 Å². The summed E-state index contributed by atoms with van der Waals surface area (Å²) in [6, 6.07) is 8.22. The van der Waals surface area contributed by atoms with Crippen molar-refractivity contribution in [3.8, 4) is 0 Å². The van der Waals surface area contributed by atoms with Gasteiger partial charge >= 0.3 is 5.97 Å². The maximum Gasteiger partial charge on any atom is 0.372 e. The third kappa shape index (κ3) is 2.43. The smallest absolute Gasteiger partial charge is 0.372 e. The molecule has 4 heterocycles. The van der Waals surface area contributed by atoms with Gasteiger partial charge in [0, 0.05) is 41.5 Å². The first-order valence-electron chi connectivity index (χ1n) is 9.57. The highest BCUT2D eigenvalue weighted by Crippen LogP contribution is 2.46. The topological polar surface area (TPSA) is 74.8 Å². The van der Waals surface area contributed by atoms with E-state index in [-0.39, 0.29) is 29.7 Å². The normalized spacial score (nSPS) is 32.7. The lowest BCUT2D eigenvalue weighted by Gasteiger charge is -2.51. The lowest BCUT2D eigenvalue weighted by Crippen LogP contribution is -2.57. The van der Waals surface area contributed by atoms with E-state index in [1.165, 1.54) is 18.1 Å².